The van der Waals surface area contributed by atoms with Gasteiger partial charge >= 0.3 is 0 Å². The van der Waals surface area contributed by atoms with Gasteiger partial charge in [-0.3, -0.25) is 0 Å². The van der Waals surface area contributed by atoms with Crippen LogP contribution in [0.5, 0.6) is 0 Å². The van der Waals surface area contributed by atoms with E-state index < -0.39 is 0 Å². The van der Waals surface area contributed by atoms with Crippen LogP contribution in [0, 0.1) is 6.92 Å². The van der Waals surface area contributed by atoms with Gasteiger partial charge in [-0.25, -0.2) is 0 Å². The summed E-state index contributed by atoms with van der Waals surface area (Å²) in [6, 6.07) is 0. The Balaban J connectivity index is 3.00. The molecule has 0 unspecified atom stereocenters. The standard InChI is InChI=1S/C34H69O/c1-2-3-4-5-6-7-8-9-10-11-12-13-14-15-16-17-18-19-20-21-22-23-24-25-26-27-28-29-30-31-32-33-34-35/h35H,1-34H2. The third kappa shape index (κ3) is 34.0. The Labute approximate surface area is 224 Å². The third-order valence-electron chi connectivity index (χ3n) is 7.91. The lowest BCUT2D eigenvalue weighted by atomic mass is 10.0. The average Bonchev–Trinajstić information content (AvgIpc) is 2.87. The van der Waals surface area contributed by atoms with Crippen LogP contribution in [-0.4, -0.2) is 11.7 Å². The van der Waals surface area contributed by atoms with Gasteiger partial charge in [0.25, 0.3) is 0 Å². The highest BCUT2D eigenvalue weighted by molar-refractivity contribution is 4.53. The van der Waals surface area contributed by atoms with Crippen molar-refractivity contribution in [2.45, 2.75) is 205 Å². The normalized spacial score (nSPS) is 11.5. The van der Waals surface area contributed by atoms with Crippen molar-refractivity contribution >= 4 is 0 Å². The summed E-state index contributed by atoms with van der Waals surface area (Å²) in [5.41, 5.74) is 0. The Morgan fingerprint density at radius 3 is 0.514 bits per heavy atom. The number of hydrogen-bond donors (Lipinski definition) is 1. The predicted molar refractivity (Wildman–Crippen MR) is 160 cm³/mol. The van der Waals surface area contributed by atoms with E-state index >= 15 is 0 Å². The van der Waals surface area contributed by atoms with E-state index in [1.54, 1.807) is 0 Å². The first-order valence-electron chi connectivity index (χ1n) is 16.8. The summed E-state index contributed by atoms with van der Waals surface area (Å²) in [6.45, 7) is 4.30. The lowest BCUT2D eigenvalue weighted by Gasteiger charge is -2.04. The summed E-state index contributed by atoms with van der Waals surface area (Å²) in [6.07, 6.45) is 45.4. The minimum absolute atomic E-state index is 0.374. The molecule has 1 nitrogen and oxygen atoms in total. The molecule has 1 radical (unpaired) electrons. The van der Waals surface area contributed by atoms with Crippen LogP contribution in [-0.2, 0) is 0 Å². The summed E-state index contributed by atoms with van der Waals surface area (Å²) in [5.74, 6) is 0. The molecule has 0 aromatic carbocycles. The van der Waals surface area contributed by atoms with Crippen LogP contribution in [0.3, 0.4) is 0 Å². The van der Waals surface area contributed by atoms with Crippen molar-refractivity contribution in [1.29, 1.82) is 0 Å². The molecule has 0 aliphatic rings. The van der Waals surface area contributed by atoms with Crippen LogP contribution in [0.25, 0.3) is 0 Å². The molecule has 1 N–H and O–H groups in total. The zero-order valence-corrected chi connectivity index (χ0v) is 24.5. The highest BCUT2D eigenvalue weighted by Crippen LogP contribution is 2.16. The van der Waals surface area contributed by atoms with Crippen LogP contribution >= 0.6 is 0 Å². The lowest BCUT2D eigenvalue weighted by molar-refractivity contribution is 0.282. The lowest BCUT2D eigenvalue weighted by Crippen LogP contribution is -1.85. The SMILES string of the molecule is [CH2]CCCCCCCCCCCCCCCCCCCCCCCCCCCCCCCCCO. The first-order valence-corrected chi connectivity index (χ1v) is 16.8. The molecule has 0 saturated carbocycles. The van der Waals surface area contributed by atoms with E-state index in [0.717, 1.165) is 12.8 Å². The quantitative estimate of drug-likeness (QED) is 0.0923. The van der Waals surface area contributed by atoms with Gasteiger partial charge in [0.2, 0.25) is 0 Å². The van der Waals surface area contributed by atoms with Crippen molar-refractivity contribution in [1.82, 2.24) is 0 Å². The van der Waals surface area contributed by atoms with Gasteiger partial charge in [-0.2, -0.15) is 0 Å². The first-order chi connectivity index (χ1) is 17.4. The van der Waals surface area contributed by atoms with Gasteiger partial charge in [-0.1, -0.05) is 206 Å². The Morgan fingerprint density at radius 1 is 0.229 bits per heavy atom. The van der Waals surface area contributed by atoms with Crippen LogP contribution < -0.4 is 0 Å². The Hall–Kier alpha value is -0.0400. The van der Waals surface area contributed by atoms with Gasteiger partial charge in [0.15, 0.2) is 0 Å². The van der Waals surface area contributed by atoms with Gasteiger partial charge < -0.3 is 5.11 Å². The maximum absolute atomic E-state index is 8.77. The fourth-order valence-corrected chi connectivity index (χ4v) is 5.42. The van der Waals surface area contributed by atoms with E-state index in [9.17, 15) is 0 Å². The predicted octanol–water partition coefficient (Wildman–Crippen LogP) is 12.3. The molecule has 0 rings (SSSR count). The summed E-state index contributed by atoms with van der Waals surface area (Å²) in [4.78, 5) is 0. The molecular weight excluding hydrogens is 424 g/mol. The zero-order chi connectivity index (χ0) is 25.3. The summed E-state index contributed by atoms with van der Waals surface area (Å²) < 4.78 is 0. The zero-order valence-electron chi connectivity index (χ0n) is 24.5. The van der Waals surface area contributed by atoms with Crippen LogP contribution in [0.4, 0.5) is 0 Å². The molecule has 0 fully saturated rings. The summed E-state index contributed by atoms with van der Waals surface area (Å²) in [7, 11) is 0. The van der Waals surface area contributed by atoms with Crippen molar-refractivity contribution in [2.24, 2.45) is 0 Å². The number of unbranched alkanes of at least 4 members (excludes halogenated alkanes) is 31. The molecule has 0 spiro atoms. The van der Waals surface area contributed by atoms with E-state index in [0.29, 0.717) is 6.61 Å². The van der Waals surface area contributed by atoms with E-state index in [1.807, 2.05) is 0 Å². The Kier molecular flexibility index (Phi) is 33.9. The van der Waals surface area contributed by atoms with Crippen molar-refractivity contribution in [3.8, 4) is 0 Å². The van der Waals surface area contributed by atoms with Crippen LogP contribution in [0.2, 0.25) is 0 Å². The molecule has 0 aliphatic carbocycles. The smallest absolute Gasteiger partial charge is 0.0431 e. The molecular formula is C34H69O. The van der Waals surface area contributed by atoms with Gasteiger partial charge in [-0.15, -0.1) is 0 Å². The molecule has 0 aromatic heterocycles. The molecule has 0 bridgehead atoms. The van der Waals surface area contributed by atoms with Crippen molar-refractivity contribution in [3.63, 3.8) is 0 Å². The second kappa shape index (κ2) is 34.0. The molecule has 0 aliphatic heterocycles. The first kappa shape index (κ1) is 35.0. The maximum Gasteiger partial charge on any atom is 0.0431 e. The summed E-state index contributed by atoms with van der Waals surface area (Å²) >= 11 is 0. The van der Waals surface area contributed by atoms with E-state index in [2.05, 4.69) is 6.92 Å². The second-order valence-electron chi connectivity index (χ2n) is 11.5. The minimum Gasteiger partial charge on any atom is -0.396 e. The fourth-order valence-electron chi connectivity index (χ4n) is 5.42. The molecule has 0 saturated heterocycles. The summed E-state index contributed by atoms with van der Waals surface area (Å²) in [5, 5.41) is 8.77. The molecule has 1 heteroatoms. The van der Waals surface area contributed by atoms with Gasteiger partial charge in [0.1, 0.15) is 0 Å². The van der Waals surface area contributed by atoms with Gasteiger partial charge in [0, 0.05) is 6.61 Å². The number of hydrogen-bond acceptors (Lipinski definition) is 1. The van der Waals surface area contributed by atoms with Gasteiger partial charge in [0.05, 0.1) is 0 Å². The van der Waals surface area contributed by atoms with E-state index in [1.165, 1.54) is 193 Å². The highest BCUT2D eigenvalue weighted by Gasteiger charge is 1.97. The van der Waals surface area contributed by atoms with E-state index in [-0.39, 0.29) is 0 Å². The molecule has 211 valence electrons. The monoisotopic (exact) mass is 494 g/mol. The number of aliphatic hydroxyl groups excluding tert-OH is 1. The Morgan fingerprint density at radius 2 is 0.371 bits per heavy atom. The molecule has 0 atom stereocenters. The van der Waals surface area contributed by atoms with Crippen molar-refractivity contribution < 1.29 is 5.11 Å². The molecule has 0 amide bonds. The molecule has 35 heavy (non-hydrogen) atoms. The van der Waals surface area contributed by atoms with Crippen LogP contribution in [0.1, 0.15) is 205 Å². The van der Waals surface area contributed by atoms with Crippen molar-refractivity contribution in [3.05, 3.63) is 6.92 Å². The van der Waals surface area contributed by atoms with E-state index in [4.69, 9.17) is 5.11 Å². The second-order valence-corrected chi connectivity index (χ2v) is 11.5. The van der Waals surface area contributed by atoms with Gasteiger partial charge in [-0.05, 0) is 6.42 Å². The number of rotatable bonds is 32. The maximum atomic E-state index is 8.77. The van der Waals surface area contributed by atoms with Crippen LogP contribution in [0.15, 0.2) is 0 Å². The number of aliphatic hydroxyl groups is 1. The highest BCUT2D eigenvalue weighted by atomic mass is 16.2. The fraction of sp³-hybridized carbons (Fsp3) is 0.971. The third-order valence-corrected chi connectivity index (χ3v) is 7.91. The average molecular weight is 494 g/mol. The topological polar surface area (TPSA) is 20.2 Å². The van der Waals surface area contributed by atoms with Crippen molar-refractivity contribution in [2.75, 3.05) is 6.61 Å². The molecule has 0 aromatic rings. The Bertz CT molecular complexity index is 307. The minimum atomic E-state index is 0.374. The molecule has 0 heterocycles. The largest absolute Gasteiger partial charge is 0.396 e.